The van der Waals surface area contributed by atoms with Gasteiger partial charge < -0.3 is 10.0 Å². The lowest BCUT2D eigenvalue weighted by atomic mass is 10.2. The number of hydrogen-bond acceptors (Lipinski definition) is 4. The largest absolute Gasteiger partial charge is 0.396 e. The molecule has 0 saturated heterocycles. The molecule has 2 N–H and O–H groups in total. The molecule has 0 bridgehead atoms. The van der Waals surface area contributed by atoms with Gasteiger partial charge in [0.15, 0.2) is 0 Å². The lowest BCUT2D eigenvalue weighted by Crippen LogP contribution is -2.35. The molecule has 0 heterocycles. The van der Waals surface area contributed by atoms with Crippen molar-refractivity contribution in [3.8, 4) is 0 Å². The number of nitrogens with zero attached hydrogens (tertiary/aromatic N) is 1. The van der Waals surface area contributed by atoms with Gasteiger partial charge in [0, 0.05) is 25.2 Å². The minimum Gasteiger partial charge on any atom is -0.396 e. The van der Waals surface area contributed by atoms with Gasteiger partial charge in [-0.25, -0.2) is 13.1 Å². The second-order valence-electron chi connectivity index (χ2n) is 5.73. The molecule has 0 atom stereocenters. The zero-order chi connectivity index (χ0) is 15.5. The fraction of sp³-hybridized carbons (Fsp3) is 0.600. The van der Waals surface area contributed by atoms with E-state index in [2.05, 4.69) is 4.72 Å². The van der Waals surface area contributed by atoms with Gasteiger partial charge in [0.25, 0.3) is 0 Å². The molecule has 21 heavy (non-hydrogen) atoms. The van der Waals surface area contributed by atoms with Gasteiger partial charge >= 0.3 is 0 Å². The Bertz CT molecular complexity index is 568. The van der Waals surface area contributed by atoms with Crippen LogP contribution < -0.4 is 9.62 Å². The maximum absolute atomic E-state index is 12.5. The first kappa shape index (κ1) is 16.3. The molecule has 0 spiro atoms. The lowest BCUT2D eigenvalue weighted by Gasteiger charge is -2.30. The molecule has 0 unspecified atom stereocenters. The minimum absolute atomic E-state index is 0.0907. The van der Waals surface area contributed by atoms with Crippen molar-refractivity contribution >= 4 is 15.7 Å². The van der Waals surface area contributed by atoms with E-state index >= 15 is 0 Å². The topological polar surface area (TPSA) is 69.6 Å². The number of benzene rings is 1. The highest BCUT2D eigenvalue weighted by Crippen LogP contribution is 2.29. The Kier molecular flexibility index (Phi) is 5.24. The molecule has 118 valence electrons. The Morgan fingerprint density at radius 3 is 2.57 bits per heavy atom. The molecule has 5 nitrogen and oxygen atoms in total. The second kappa shape index (κ2) is 6.77. The summed E-state index contributed by atoms with van der Waals surface area (Å²) in [6, 6.07) is 7.32. The van der Waals surface area contributed by atoms with Crippen LogP contribution in [0, 0.1) is 0 Å². The Hall–Kier alpha value is -1.11. The molecular weight excluding hydrogens is 288 g/mol. The van der Waals surface area contributed by atoms with Gasteiger partial charge in [-0.1, -0.05) is 12.1 Å². The molecular formula is C15H24N2O3S. The fourth-order valence-electron chi connectivity index (χ4n) is 2.30. The summed E-state index contributed by atoms with van der Waals surface area (Å²) in [4.78, 5) is 2.35. The molecule has 2 rings (SSSR count). The van der Waals surface area contributed by atoms with Crippen molar-refractivity contribution in [2.24, 2.45) is 0 Å². The Balaban J connectivity index is 2.33. The van der Waals surface area contributed by atoms with E-state index < -0.39 is 10.0 Å². The van der Waals surface area contributed by atoms with E-state index in [-0.39, 0.29) is 18.7 Å². The summed E-state index contributed by atoms with van der Waals surface area (Å²) >= 11 is 0. The third kappa shape index (κ3) is 4.18. The first-order valence-electron chi connectivity index (χ1n) is 7.44. The van der Waals surface area contributed by atoms with Gasteiger partial charge in [0.05, 0.1) is 5.69 Å². The molecule has 0 radical (unpaired) electrons. The number of rotatable bonds is 8. The molecule has 1 fully saturated rings. The predicted octanol–water partition coefficient (Wildman–Crippen LogP) is 1.72. The van der Waals surface area contributed by atoms with Crippen molar-refractivity contribution in [2.75, 3.05) is 18.1 Å². The van der Waals surface area contributed by atoms with Crippen LogP contribution in [0.3, 0.4) is 0 Å². The maximum Gasteiger partial charge on any atom is 0.242 e. The fourth-order valence-corrected chi connectivity index (χ4v) is 3.82. The van der Waals surface area contributed by atoms with Gasteiger partial charge in [0.1, 0.15) is 4.90 Å². The third-order valence-electron chi connectivity index (χ3n) is 3.54. The van der Waals surface area contributed by atoms with Gasteiger partial charge in [-0.3, -0.25) is 0 Å². The molecule has 1 aromatic carbocycles. The zero-order valence-corrected chi connectivity index (χ0v) is 13.4. The van der Waals surface area contributed by atoms with Crippen LogP contribution in [0.1, 0.15) is 33.1 Å². The highest BCUT2D eigenvalue weighted by molar-refractivity contribution is 7.89. The Morgan fingerprint density at radius 2 is 2.00 bits per heavy atom. The predicted molar refractivity (Wildman–Crippen MR) is 84.0 cm³/mol. The van der Waals surface area contributed by atoms with Crippen molar-refractivity contribution in [1.82, 2.24) is 4.72 Å². The first-order valence-corrected chi connectivity index (χ1v) is 8.93. The van der Waals surface area contributed by atoms with Crippen LogP contribution in [-0.2, 0) is 10.0 Å². The lowest BCUT2D eigenvalue weighted by molar-refractivity contribution is 0.288. The molecule has 1 aliphatic carbocycles. The summed E-state index contributed by atoms with van der Waals surface area (Å²) in [7, 11) is -3.49. The van der Waals surface area contributed by atoms with E-state index in [1.54, 1.807) is 12.1 Å². The number of para-hydroxylation sites is 1. The molecule has 0 aliphatic heterocycles. The quantitative estimate of drug-likeness (QED) is 0.767. The summed E-state index contributed by atoms with van der Waals surface area (Å²) in [5.74, 6) is 0. The van der Waals surface area contributed by atoms with E-state index in [1.165, 1.54) is 0 Å². The van der Waals surface area contributed by atoms with E-state index in [4.69, 9.17) is 5.11 Å². The molecule has 6 heteroatoms. The summed E-state index contributed by atoms with van der Waals surface area (Å²) in [5.41, 5.74) is 0.703. The van der Waals surface area contributed by atoms with Crippen molar-refractivity contribution < 1.29 is 13.5 Å². The molecule has 1 saturated carbocycles. The van der Waals surface area contributed by atoms with E-state index in [1.807, 2.05) is 30.9 Å². The van der Waals surface area contributed by atoms with Crippen molar-refractivity contribution in [3.63, 3.8) is 0 Å². The Labute approximate surface area is 127 Å². The van der Waals surface area contributed by atoms with Crippen molar-refractivity contribution in [3.05, 3.63) is 24.3 Å². The van der Waals surface area contributed by atoms with Crippen LogP contribution in [0.5, 0.6) is 0 Å². The van der Waals surface area contributed by atoms with Gasteiger partial charge in [-0.15, -0.1) is 0 Å². The third-order valence-corrected chi connectivity index (χ3v) is 5.11. The van der Waals surface area contributed by atoms with E-state index in [0.29, 0.717) is 23.5 Å². The monoisotopic (exact) mass is 312 g/mol. The number of anilines is 1. The molecule has 1 aliphatic rings. The Morgan fingerprint density at radius 1 is 1.33 bits per heavy atom. The van der Waals surface area contributed by atoms with Crippen LogP contribution in [0.15, 0.2) is 29.2 Å². The minimum atomic E-state index is -3.49. The maximum atomic E-state index is 12.5. The van der Waals surface area contributed by atoms with Crippen LogP contribution >= 0.6 is 0 Å². The van der Waals surface area contributed by atoms with Crippen LogP contribution in [-0.4, -0.2) is 38.8 Å². The van der Waals surface area contributed by atoms with Crippen LogP contribution in [0.4, 0.5) is 5.69 Å². The summed E-state index contributed by atoms with van der Waals surface area (Å²) in [5, 5.41) is 9.04. The number of aliphatic hydroxyl groups is 1. The molecule has 0 amide bonds. The van der Waals surface area contributed by atoms with E-state index in [9.17, 15) is 8.42 Å². The second-order valence-corrected chi connectivity index (χ2v) is 7.41. The van der Waals surface area contributed by atoms with Crippen molar-refractivity contribution in [1.29, 1.82) is 0 Å². The number of nitrogens with one attached hydrogen (secondary N) is 1. The highest BCUT2D eigenvalue weighted by Gasteiger charge is 2.30. The normalized spacial score (nSPS) is 15.4. The smallest absolute Gasteiger partial charge is 0.242 e. The SMILES string of the molecule is CC(C)N(CCCO)c1ccccc1S(=O)(=O)NC1CC1. The number of aliphatic hydroxyl groups excluding tert-OH is 1. The summed E-state index contributed by atoms with van der Waals surface area (Å²) < 4.78 is 27.8. The zero-order valence-electron chi connectivity index (χ0n) is 12.6. The van der Waals surface area contributed by atoms with Crippen molar-refractivity contribution in [2.45, 2.75) is 50.1 Å². The van der Waals surface area contributed by atoms with Gasteiger partial charge in [-0.05, 0) is 45.2 Å². The average Bonchev–Trinajstić information content (AvgIpc) is 3.22. The molecule has 0 aromatic heterocycles. The standard InChI is InChI=1S/C15H24N2O3S/c1-12(2)17(10-5-11-18)14-6-3-4-7-15(14)21(19,20)16-13-8-9-13/h3-4,6-7,12-13,16,18H,5,8-11H2,1-2H3. The molecule has 1 aromatic rings. The number of sulfonamides is 1. The summed E-state index contributed by atoms with van der Waals surface area (Å²) in [6.07, 6.45) is 2.45. The summed E-state index contributed by atoms with van der Waals surface area (Å²) in [6.45, 7) is 4.77. The first-order chi connectivity index (χ1) is 9.95. The van der Waals surface area contributed by atoms with Gasteiger partial charge in [-0.2, -0.15) is 0 Å². The van der Waals surface area contributed by atoms with Gasteiger partial charge in [0.2, 0.25) is 10.0 Å². The highest BCUT2D eigenvalue weighted by atomic mass is 32.2. The average molecular weight is 312 g/mol. The van der Waals surface area contributed by atoms with Crippen LogP contribution in [0.2, 0.25) is 0 Å². The van der Waals surface area contributed by atoms with Crippen LogP contribution in [0.25, 0.3) is 0 Å². The van der Waals surface area contributed by atoms with E-state index in [0.717, 1.165) is 12.8 Å². The number of hydrogen-bond donors (Lipinski definition) is 2.